The third kappa shape index (κ3) is 5.53. The summed E-state index contributed by atoms with van der Waals surface area (Å²) >= 11 is 0. The summed E-state index contributed by atoms with van der Waals surface area (Å²) in [6.07, 6.45) is -0.734. The van der Waals surface area contributed by atoms with Gasteiger partial charge in [-0.3, -0.25) is 19.2 Å². The second-order valence-electron chi connectivity index (χ2n) is 9.23. The lowest BCUT2D eigenvalue weighted by molar-refractivity contribution is -0.132. The summed E-state index contributed by atoms with van der Waals surface area (Å²) in [4.78, 5) is 42.4. The number of hydrogen-bond donors (Lipinski definition) is 3. The van der Waals surface area contributed by atoms with E-state index in [1.54, 1.807) is 19.2 Å². The molecule has 0 saturated carbocycles. The molecule has 4 N–H and O–H groups in total. The Balaban J connectivity index is 1.92. The van der Waals surface area contributed by atoms with Crippen LogP contribution in [0.15, 0.2) is 30.3 Å². The zero-order chi connectivity index (χ0) is 25.0. The Morgan fingerprint density at radius 2 is 1.88 bits per heavy atom. The summed E-state index contributed by atoms with van der Waals surface area (Å²) in [5.41, 5.74) is 6.56. The number of urea groups is 1. The first-order chi connectivity index (χ1) is 16.0. The van der Waals surface area contributed by atoms with Crippen molar-refractivity contribution in [3.8, 4) is 0 Å². The summed E-state index contributed by atoms with van der Waals surface area (Å²) in [7, 11) is 1.67. The van der Waals surface area contributed by atoms with Crippen LogP contribution in [0.25, 0.3) is 0 Å². The van der Waals surface area contributed by atoms with E-state index >= 15 is 0 Å². The first kappa shape index (κ1) is 25.2. The normalized spacial score (nSPS) is 16.4. The number of nitrogens with two attached hydrogens (primary N) is 1. The smallest absolute Gasteiger partial charge is 0.323 e. The fourth-order valence-corrected chi connectivity index (χ4v) is 3.76. The standard InChI is InChI=1S/C23H32FN7O3/c1-23(2,3)18-14-17(29(4)28-18)21(33)30-11-6-12-31(20(30)19(32)26-10-9-25)22(34)27-16-8-5-7-15(24)13-16/h5,7-8,13-14,20H,6,9-12,25H2,1-4H3,(H,26,32)(H,27,34). The van der Waals surface area contributed by atoms with Gasteiger partial charge in [0.1, 0.15) is 11.5 Å². The van der Waals surface area contributed by atoms with Crippen LogP contribution in [-0.2, 0) is 17.3 Å². The van der Waals surface area contributed by atoms with Gasteiger partial charge >= 0.3 is 6.03 Å². The minimum atomic E-state index is -1.20. The van der Waals surface area contributed by atoms with Crippen molar-refractivity contribution in [3.63, 3.8) is 0 Å². The van der Waals surface area contributed by atoms with Crippen LogP contribution >= 0.6 is 0 Å². The van der Waals surface area contributed by atoms with Crippen molar-refractivity contribution >= 4 is 23.5 Å². The van der Waals surface area contributed by atoms with E-state index in [9.17, 15) is 18.8 Å². The van der Waals surface area contributed by atoms with Crippen LogP contribution in [0.2, 0.25) is 0 Å². The molecule has 1 fully saturated rings. The highest BCUT2D eigenvalue weighted by atomic mass is 19.1. The van der Waals surface area contributed by atoms with Crippen molar-refractivity contribution in [2.24, 2.45) is 12.8 Å². The van der Waals surface area contributed by atoms with Crippen molar-refractivity contribution in [2.75, 3.05) is 31.5 Å². The minimum absolute atomic E-state index is 0.191. The molecule has 0 aliphatic carbocycles. The molecule has 1 unspecified atom stereocenters. The van der Waals surface area contributed by atoms with E-state index in [4.69, 9.17) is 5.73 Å². The average Bonchev–Trinajstić information content (AvgIpc) is 3.18. The van der Waals surface area contributed by atoms with Crippen LogP contribution in [-0.4, -0.2) is 69.8 Å². The summed E-state index contributed by atoms with van der Waals surface area (Å²) in [5, 5.41) is 9.75. The molecule has 1 aliphatic heterocycles. The monoisotopic (exact) mass is 473 g/mol. The molecule has 3 rings (SSSR count). The largest absolute Gasteiger partial charge is 0.351 e. The molecule has 11 heteroatoms. The van der Waals surface area contributed by atoms with Crippen LogP contribution in [0, 0.1) is 5.82 Å². The fourth-order valence-electron chi connectivity index (χ4n) is 3.76. The maximum Gasteiger partial charge on any atom is 0.323 e. The summed E-state index contributed by atoms with van der Waals surface area (Å²) in [5.74, 6) is -1.44. The molecule has 1 aliphatic rings. The van der Waals surface area contributed by atoms with Crippen LogP contribution < -0.4 is 16.4 Å². The first-order valence-electron chi connectivity index (χ1n) is 11.2. The molecule has 1 aromatic carbocycles. The zero-order valence-electron chi connectivity index (χ0n) is 20.0. The molecule has 10 nitrogen and oxygen atoms in total. The van der Waals surface area contributed by atoms with E-state index in [1.165, 1.54) is 32.7 Å². The lowest BCUT2D eigenvalue weighted by Crippen LogP contribution is -2.64. The number of aryl methyl sites for hydroxylation is 1. The van der Waals surface area contributed by atoms with E-state index in [-0.39, 0.29) is 37.3 Å². The van der Waals surface area contributed by atoms with Crippen LogP contribution in [0.3, 0.4) is 0 Å². The summed E-state index contributed by atoms with van der Waals surface area (Å²) in [6, 6.07) is 6.55. The third-order valence-corrected chi connectivity index (χ3v) is 5.53. The number of amides is 4. The lowest BCUT2D eigenvalue weighted by Gasteiger charge is -2.42. The highest BCUT2D eigenvalue weighted by molar-refractivity contribution is 5.99. The number of anilines is 1. The van der Waals surface area contributed by atoms with E-state index < -0.39 is 29.8 Å². The van der Waals surface area contributed by atoms with Gasteiger partial charge in [-0.25, -0.2) is 9.18 Å². The number of nitrogens with one attached hydrogen (secondary N) is 2. The molecule has 34 heavy (non-hydrogen) atoms. The predicted molar refractivity (Wildman–Crippen MR) is 126 cm³/mol. The van der Waals surface area contributed by atoms with Gasteiger partial charge < -0.3 is 21.3 Å². The number of benzene rings is 1. The number of carbonyl (C=O) groups excluding carboxylic acids is 3. The lowest BCUT2D eigenvalue weighted by atomic mass is 9.92. The van der Waals surface area contributed by atoms with Gasteiger partial charge in [-0.15, -0.1) is 0 Å². The van der Waals surface area contributed by atoms with Gasteiger partial charge in [-0.2, -0.15) is 5.10 Å². The Hall–Kier alpha value is -3.47. The van der Waals surface area contributed by atoms with Crippen LogP contribution in [0.4, 0.5) is 14.9 Å². The zero-order valence-corrected chi connectivity index (χ0v) is 20.0. The molecule has 0 bridgehead atoms. The molecular weight excluding hydrogens is 441 g/mol. The molecule has 0 radical (unpaired) electrons. The Morgan fingerprint density at radius 1 is 1.18 bits per heavy atom. The minimum Gasteiger partial charge on any atom is -0.351 e. The molecule has 1 saturated heterocycles. The first-order valence-corrected chi connectivity index (χ1v) is 11.2. The van der Waals surface area contributed by atoms with E-state index in [0.29, 0.717) is 12.1 Å². The Morgan fingerprint density at radius 3 is 2.50 bits per heavy atom. The molecule has 0 spiro atoms. The van der Waals surface area contributed by atoms with E-state index in [0.717, 1.165) is 5.69 Å². The van der Waals surface area contributed by atoms with Crippen molar-refractivity contribution in [1.82, 2.24) is 24.9 Å². The highest BCUT2D eigenvalue weighted by Gasteiger charge is 2.41. The quantitative estimate of drug-likeness (QED) is 0.609. The second kappa shape index (κ2) is 10.2. The fraction of sp³-hybridized carbons (Fsp3) is 0.478. The molecule has 184 valence electrons. The number of hydrogen-bond acceptors (Lipinski definition) is 5. The number of carbonyl (C=O) groups is 3. The molecule has 2 heterocycles. The Kier molecular flexibility index (Phi) is 7.55. The number of rotatable bonds is 5. The van der Waals surface area contributed by atoms with E-state index in [2.05, 4.69) is 15.7 Å². The van der Waals surface area contributed by atoms with Gasteiger partial charge in [0.15, 0.2) is 6.17 Å². The van der Waals surface area contributed by atoms with Gasteiger partial charge in [0, 0.05) is 44.3 Å². The van der Waals surface area contributed by atoms with E-state index in [1.807, 2.05) is 20.8 Å². The van der Waals surface area contributed by atoms with Gasteiger partial charge in [0.25, 0.3) is 11.8 Å². The van der Waals surface area contributed by atoms with Gasteiger partial charge in [-0.05, 0) is 30.7 Å². The molecular formula is C23H32FN7O3. The second-order valence-corrected chi connectivity index (χ2v) is 9.23. The maximum absolute atomic E-state index is 13.6. The predicted octanol–water partition coefficient (Wildman–Crippen LogP) is 1.64. The number of aromatic nitrogens is 2. The summed E-state index contributed by atoms with van der Waals surface area (Å²) in [6.45, 7) is 6.89. The number of halogens is 1. The Labute approximate surface area is 198 Å². The topological polar surface area (TPSA) is 126 Å². The average molecular weight is 474 g/mol. The molecule has 2 aromatic rings. The van der Waals surface area contributed by atoms with Gasteiger partial charge in [0.2, 0.25) is 0 Å². The van der Waals surface area contributed by atoms with Crippen molar-refractivity contribution in [3.05, 3.63) is 47.5 Å². The van der Waals surface area contributed by atoms with Crippen molar-refractivity contribution in [1.29, 1.82) is 0 Å². The van der Waals surface area contributed by atoms with Crippen LogP contribution in [0.5, 0.6) is 0 Å². The molecule has 4 amide bonds. The van der Waals surface area contributed by atoms with Crippen molar-refractivity contribution in [2.45, 2.75) is 38.8 Å². The third-order valence-electron chi connectivity index (χ3n) is 5.53. The van der Waals surface area contributed by atoms with Gasteiger partial charge in [-0.1, -0.05) is 26.8 Å². The van der Waals surface area contributed by atoms with Gasteiger partial charge in [0.05, 0.1) is 5.69 Å². The summed E-state index contributed by atoms with van der Waals surface area (Å²) < 4.78 is 15.1. The molecule has 1 atom stereocenters. The van der Waals surface area contributed by atoms with Crippen LogP contribution in [0.1, 0.15) is 43.4 Å². The Bertz CT molecular complexity index is 1060. The number of nitrogens with zero attached hydrogens (tertiary/aromatic N) is 4. The highest BCUT2D eigenvalue weighted by Crippen LogP contribution is 2.24. The van der Waals surface area contributed by atoms with Crippen molar-refractivity contribution < 1.29 is 18.8 Å². The maximum atomic E-state index is 13.6. The molecule has 1 aromatic heterocycles. The SMILES string of the molecule is Cn1nc(C(C)(C)C)cc1C(=O)N1CCCN(C(=O)Nc2cccc(F)c2)C1C(=O)NCCN.